The molecule has 0 fully saturated rings. The summed E-state index contributed by atoms with van der Waals surface area (Å²) in [6, 6.07) is 6.62. The summed E-state index contributed by atoms with van der Waals surface area (Å²) < 4.78 is 18.4. The van der Waals surface area contributed by atoms with Crippen LogP contribution in [0.2, 0.25) is 0 Å². The van der Waals surface area contributed by atoms with E-state index in [1.54, 1.807) is 30.6 Å². The Labute approximate surface area is 137 Å². The van der Waals surface area contributed by atoms with Crippen LogP contribution < -0.4 is 10.5 Å². The van der Waals surface area contributed by atoms with Crippen LogP contribution >= 0.6 is 7.60 Å². The summed E-state index contributed by atoms with van der Waals surface area (Å²) in [4.78, 5) is 30.1. The molecule has 0 atom stereocenters. The smallest absolute Gasteiger partial charge is 0.329 e. The van der Waals surface area contributed by atoms with Gasteiger partial charge >= 0.3 is 7.60 Å². The highest BCUT2D eigenvalue weighted by Crippen LogP contribution is 2.39. The van der Waals surface area contributed by atoms with Gasteiger partial charge in [-0.3, -0.25) is 4.57 Å². The van der Waals surface area contributed by atoms with Crippen molar-refractivity contribution in [2.75, 3.05) is 12.3 Å². The molecule has 0 spiro atoms. The molecule has 9 nitrogen and oxygen atoms in total. The first-order valence-electron chi connectivity index (χ1n) is 7.10. The lowest BCUT2D eigenvalue weighted by Gasteiger charge is -2.09. The van der Waals surface area contributed by atoms with E-state index in [-0.39, 0.29) is 6.16 Å². The fourth-order valence-electron chi connectivity index (χ4n) is 2.25. The Kier molecular flexibility index (Phi) is 4.48. The van der Waals surface area contributed by atoms with E-state index >= 15 is 0 Å². The zero-order valence-electron chi connectivity index (χ0n) is 12.6. The Hall–Kier alpha value is -2.48. The zero-order valence-corrected chi connectivity index (χ0v) is 13.5. The van der Waals surface area contributed by atoms with Crippen molar-refractivity contribution in [3.05, 3.63) is 42.5 Å². The molecule has 0 saturated heterocycles. The third-order valence-corrected chi connectivity index (χ3v) is 4.12. The number of imidazole rings is 1. The third-order valence-electron chi connectivity index (χ3n) is 3.34. The van der Waals surface area contributed by atoms with Crippen LogP contribution in [0.4, 0.5) is 5.82 Å². The van der Waals surface area contributed by atoms with Crippen molar-refractivity contribution in [2.24, 2.45) is 0 Å². The number of aromatic nitrogens is 4. The fourth-order valence-corrected chi connectivity index (χ4v) is 2.94. The molecule has 0 saturated carbocycles. The fraction of sp³-hybridized carbons (Fsp3) is 0.214. The van der Waals surface area contributed by atoms with E-state index in [0.29, 0.717) is 41.4 Å². The normalized spacial score (nSPS) is 11.8. The van der Waals surface area contributed by atoms with Crippen molar-refractivity contribution in [2.45, 2.75) is 12.7 Å². The Morgan fingerprint density at radius 1 is 1.17 bits per heavy atom. The monoisotopic (exact) mass is 349 g/mol. The van der Waals surface area contributed by atoms with Gasteiger partial charge in [-0.25, -0.2) is 15.0 Å². The molecule has 1 aromatic carbocycles. The minimum absolute atomic E-state index is 0.282. The van der Waals surface area contributed by atoms with Crippen LogP contribution in [-0.4, -0.2) is 35.9 Å². The summed E-state index contributed by atoms with van der Waals surface area (Å²) in [5, 5.41) is 0. The van der Waals surface area contributed by atoms with Crippen LogP contribution in [0.3, 0.4) is 0 Å². The largest absolute Gasteiger partial charge is 0.492 e. The van der Waals surface area contributed by atoms with Gasteiger partial charge in [-0.1, -0.05) is 12.1 Å². The van der Waals surface area contributed by atoms with Crippen LogP contribution in [0.5, 0.6) is 5.75 Å². The molecule has 0 amide bonds. The summed E-state index contributed by atoms with van der Waals surface area (Å²) in [5.74, 6) is 0.948. The first-order chi connectivity index (χ1) is 11.4. The van der Waals surface area contributed by atoms with Gasteiger partial charge in [0.2, 0.25) is 0 Å². The summed E-state index contributed by atoms with van der Waals surface area (Å²) in [7, 11) is -4.06. The number of nitrogen functional groups attached to an aromatic ring is 1. The molecule has 0 unspecified atom stereocenters. The maximum atomic E-state index is 11.0. The molecule has 0 aliphatic rings. The van der Waals surface area contributed by atoms with E-state index in [4.69, 9.17) is 20.3 Å². The molecular weight excluding hydrogens is 333 g/mol. The lowest BCUT2D eigenvalue weighted by molar-refractivity contribution is 0.299. The lowest BCUT2D eigenvalue weighted by atomic mass is 10.2. The molecular formula is C14H16N5O4P. The second-order valence-corrected chi connectivity index (χ2v) is 6.83. The van der Waals surface area contributed by atoms with Gasteiger partial charge in [0.05, 0.1) is 19.0 Å². The van der Waals surface area contributed by atoms with Crippen molar-refractivity contribution in [1.82, 2.24) is 19.5 Å². The van der Waals surface area contributed by atoms with Crippen molar-refractivity contribution in [3.8, 4) is 5.75 Å². The Morgan fingerprint density at radius 2 is 1.92 bits per heavy atom. The molecule has 0 bridgehead atoms. The van der Waals surface area contributed by atoms with Crippen molar-refractivity contribution in [3.63, 3.8) is 0 Å². The van der Waals surface area contributed by atoms with E-state index in [0.717, 1.165) is 0 Å². The number of hydrogen-bond acceptors (Lipinski definition) is 6. The Balaban J connectivity index is 1.60. The summed E-state index contributed by atoms with van der Waals surface area (Å²) in [5.41, 5.74) is 7.49. The van der Waals surface area contributed by atoms with E-state index in [2.05, 4.69) is 15.0 Å². The van der Waals surface area contributed by atoms with E-state index in [1.807, 2.05) is 4.57 Å². The van der Waals surface area contributed by atoms with Gasteiger partial charge < -0.3 is 24.8 Å². The van der Waals surface area contributed by atoms with Crippen LogP contribution in [0, 0.1) is 0 Å². The molecule has 0 aliphatic heterocycles. The van der Waals surface area contributed by atoms with Gasteiger partial charge in [-0.15, -0.1) is 0 Å². The molecule has 0 aliphatic carbocycles. The standard InChI is InChI=1S/C14H16N5O4P/c15-13-12-14(17-8-16-13)19(9-18-12)5-6-23-11-3-1-10(2-4-11)7-24(20,21)22/h1-4,8-9H,5-7H2,(H2,15,16,17)(H2,20,21,22). The third kappa shape index (κ3) is 3.88. The highest BCUT2D eigenvalue weighted by atomic mass is 31.2. The summed E-state index contributed by atoms with van der Waals surface area (Å²) in [6.45, 7) is 0.907. The van der Waals surface area contributed by atoms with E-state index in [1.165, 1.54) is 6.33 Å². The second-order valence-electron chi connectivity index (χ2n) is 5.18. The number of ether oxygens (including phenoxy) is 1. The summed E-state index contributed by atoms with van der Waals surface area (Å²) >= 11 is 0. The van der Waals surface area contributed by atoms with Gasteiger partial charge in [-0.2, -0.15) is 0 Å². The zero-order chi connectivity index (χ0) is 17.2. The predicted octanol–water partition coefficient (Wildman–Crippen LogP) is 1.17. The molecule has 0 radical (unpaired) electrons. The minimum Gasteiger partial charge on any atom is -0.492 e. The van der Waals surface area contributed by atoms with Gasteiger partial charge in [0.1, 0.15) is 24.2 Å². The number of fused-ring (bicyclic) bond motifs is 1. The Morgan fingerprint density at radius 3 is 2.62 bits per heavy atom. The molecule has 2 aromatic heterocycles. The molecule has 2 heterocycles. The van der Waals surface area contributed by atoms with Gasteiger partial charge in [0.25, 0.3) is 0 Å². The molecule has 24 heavy (non-hydrogen) atoms. The molecule has 3 aromatic rings. The molecule has 4 N–H and O–H groups in total. The molecule has 126 valence electrons. The number of nitrogens with two attached hydrogens (primary N) is 1. The van der Waals surface area contributed by atoms with Gasteiger partial charge in [0.15, 0.2) is 11.5 Å². The maximum absolute atomic E-state index is 11.0. The molecule has 10 heteroatoms. The number of rotatable bonds is 6. The minimum atomic E-state index is -4.06. The quantitative estimate of drug-likeness (QED) is 0.564. The van der Waals surface area contributed by atoms with E-state index < -0.39 is 7.60 Å². The SMILES string of the molecule is Nc1ncnc2c1ncn2CCOc1ccc(CP(=O)(O)O)cc1. The topological polar surface area (TPSA) is 136 Å². The average molecular weight is 349 g/mol. The number of hydrogen-bond donors (Lipinski definition) is 3. The van der Waals surface area contributed by atoms with Crippen LogP contribution in [-0.2, 0) is 17.3 Å². The lowest BCUT2D eigenvalue weighted by Crippen LogP contribution is -2.08. The Bertz CT molecular complexity index is 890. The van der Waals surface area contributed by atoms with Crippen molar-refractivity contribution >= 4 is 24.6 Å². The first-order valence-corrected chi connectivity index (χ1v) is 8.90. The molecule has 3 rings (SSSR count). The number of benzene rings is 1. The highest BCUT2D eigenvalue weighted by Gasteiger charge is 2.13. The number of nitrogens with zero attached hydrogens (tertiary/aromatic N) is 4. The predicted molar refractivity (Wildman–Crippen MR) is 87.4 cm³/mol. The van der Waals surface area contributed by atoms with Crippen molar-refractivity contribution in [1.29, 1.82) is 0 Å². The summed E-state index contributed by atoms with van der Waals surface area (Å²) in [6.07, 6.45) is 2.73. The maximum Gasteiger partial charge on any atom is 0.329 e. The number of anilines is 1. The van der Waals surface area contributed by atoms with Crippen LogP contribution in [0.1, 0.15) is 5.56 Å². The van der Waals surface area contributed by atoms with Crippen LogP contribution in [0.25, 0.3) is 11.2 Å². The van der Waals surface area contributed by atoms with E-state index in [9.17, 15) is 4.57 Å². The average Bonchev–Trinajstić information content (AvgIpc) is 2.92. The van der Waals surface area contributed by atoms with Gasteiger partial charge in [0, 0.05) is 0 Å². The van der Waals surface area contributed by atoms with Crippen molar-refractivity contribution < 1.29 is 19.1 Å². The first kappa shape index (κ1) is 16.4. The second kappa shape index (κ2) is 6.56. The highest BCUT2D eigenvalue weighted by molar-refractivity contribution is 7.50. The van der Waals surface area contributed by atoms with Crippen LogP contribution in [0.15, 0.2) is 36.9 Å². The van der Waals surface area contributed by atoms with Gasteiger partial charge in [-0.05, 0) is 17.7 Å².